The van der Waals surface area contributed by atoms with Crippen molar-refractivity contribution in [1.29, 1.82) is 0 Å². The molecule has 108 valence electrons. The topological polar surface area (TPSA) is 39.1 Å². The van der Waals surface area contributed by atoms with Gasteiger partial charge in [-0.2, -0.15) is 5.10 Å². The van der Waals surface area contributed by atoms with Crippen LogP contribution in [0.3, 0.4) is 0 Å². The van der Waals surface area contributed by atoms with Gasteiger partial charge in [0, 0.05) is 37.9 Å². The summed E-state index contributed by atoms with van der Waals surface area (Å²) in [4.78, 5) is 0. The highest BCUT2D eigenvalue weighted by molar-refractivity contribution is 5.31. The van der Waals surface area contributed by atoms with Crippen molar-refractivity contribution in [3.63, 3.8) is 0 Å². The Hall–Kier alpha value is -1.88. The number of benzene rings is 1. The van der Waals surface area contributed by atoms with Gasteiger partial charge in [-0.05, 0) is 30.7 Å². The number of ether oxygens (including phenoxy) is 1. The van der Waals surface area contributed by atoms with Crippen LogP contribution in [0.25, 0.3) is 0 Å². The molecule has 1 atom stereocenters. The number of nitrogens with one attached hydrogen (secondary N) is 1. The van der Waals surface area contributed by atoms with E-state index in [9.17, 15) is 4.39 Å². The Morgan fingerprint density at radius 1 is 1.40 bits per heavy atom. The summed E-state index contributed by atoms with van der Waals surface area (Å²) in [5, 5.41) is 7.55. The first-order valence-electron chi connectivity index (χ1n) is 6.65. The summed E-state index contributed by atoms with van der Waals surface area (Å²) in [6.07, 6.45) is 2.70. The summed E-state index contributed by atoms with van der Waals surface area (Å²) in [6, 6.07) is 7.09. The number of halogens is 1. The van der Waals surface area contributed by atoms with Crippen LogP contribution < -0.4 is 10.1 Å². The molecule has 0 aliphatic carbocycles. The molecule has 1 heterocycles. The molecule has 0 radical (unpaired) electrons. The van der Waals surface area contributed by atoms with Gasteiger partial charge >= 0.3 is 0 Å². The van der Waals surface area contributed by atoms with Crippen molar-refractivity contribution in [2.45, 2.75) is 19.4 Å². The zero-order chi connectivity index (χ0) is 14.5. The Bertz CT molecular complexity index is 568. The highest BCUT2D eigenvalue weighted by Crippen LogP contribution is 2.22. The molecule has 1 unspecified atom stereocenters. The van der Waals surface area contributed by atoms with Gasteiger partial charge in [0.25, 0.3) is 0 Å². The first kappa shape index (κ1) is 14.5. The maximum atomic E-state index is 13.4. The summed E-state index contributed by atoms with van der Waals surface area (Å²) in [7, 11) is 3.41. The first-order valence-corrected chi connectivity index (χ1v) is 6.65. The average molecular weight is 277 g/mol. The van der Waals surface area contributed by atoms with Gasteiger partial charge in [0.05, 0.1) is 7.11 Å². The highest BCUT2D eigenvalue weighted by Gasteiger charge is 2.09. The Kier molecular flexibility index (Phi) is 4.74. The molecule has 2 rings (SSSR count). The van der Waals surface area contributed by atoms with Crippen LogP contribution >= 0.6 is 0 Å². The van der Waals surface area contributed by atoms with Crippen molar-refractivity contribution in [1.82, 2.24) is 15.1 Å². The van der Waals surface area contributed by atoms with E-state index in [4.69, 9.17) is 4.74 Å². The molecule has 1 aromatic carbocycles. The second kappa shape index (κ2) is 6.52. The lowest BCUT2D eigenvalue weighted by Gasteiger charge is -2.15. The van der Waals surface area contributed by atoms with Crippen molar-refractivity contribution >= 4 is 0 Å². The Labute approximate surface area is 118 Å². The number of hydrogen-bond donors (Lipinski definition) is 1. The van der Waals surface area contributed by atoms with Gasteiger partial charge in [-0.1, -0.05) is 6.07 Å². The second-order valence-corrected chi connectivity index (χ2v) is 4.77. The van der Waals surface area contributed by atoms with E-state index in [2.05, 4.69) is 17.3 Å². The van der Waals surface area contributed by atoms with Crippen LogP contribution in [-0.2, 0) is 13.5 Å². The molecular weight excluding hydrogens is 257 g/mol. The van der Waals surface area contributed by atoms with Crippen LogP contribution in [0, 0.1) is 5.82 Å². The minimum atomic E-state index is -0.335. The fourth-order valence-corrected chi connectivity index (χ4v) is 2.13. The molecule has 20 heavy (non-hydrogen) atoms. The summed E-state index contributed by atoms with van der Waals surface area (Å²) >= 11 is 0. The van der Waals surface area contributed by atoms with Gasteiger partial charge in [0.2, 0.25) is 0 Å². The van der Waals surface area contributed by atoms with Crippen molar-refractivity contribution < 1.29 is 9.13 Å². The summed E-state index contributed by atoms with van der Waals surface area (Å²) in [5.74, 6) is -0.0545. The summed E-state index contributed by atoms with van der Waals surface area (Å²) < 4.78 is 20.2. The minimum absolute atomic E-state index is 0.137. The fourth-order valence-electron chi connectivity index (χ4n) is 2.13. The van der Waals surface area contributed by atoms with E-state index in [0.29, 0.717) is 0 Å². The third-order valence-corrected chi connectivity index (χ3v) is 3.43. The third-order valence-electron chi connectivity index (χ3n) is 3.43. The number of aromatic nitrogens is 2. The number of methoxy groups -OCH3 is 1. The molecule has 0 amide bonds. The zero-order valence-corrected chi connectivity index (χ0v) is 12.1. The quantitative estimate of drug-likeness (QED) is 0.881. The molecule has 0 bridgehead atoms. The van der Waals surface area contributed by atoms with Gasteiger partial charge in [0.1, 0.15) is 0 Å². The van der Waals surface area contributed by atoms with Gasteiger partial charge in [-0.25, -0.2) is 4.39 Å². The van der Waals surface area contributed by atoms with Gasteiger partial charge in [0.15, 0.2) is 11.6 Å². The Morgan fingerprint density at radius 2 is 2.20 bits per heavy atom. The van der Waals surface area contributed by atoms with Gasteiger partial charge < -0.3 is 10.1 Å². The molecule has 2 aromatic rings. The number of aryl methyl sites for hydroxylation is 1. The lowest BCUT2D eigenvalue weighted by Crippen LogP contribution is -2.22. The molecule has 5 heteroatoms. The molecule has 1 aromatic heterocycles. The van der Waals surface area contributed by atoms with E-state index in [0.717, 1.165) is 18.5 Å². The molecule has 4 nitrogen and oxygen atoms in total. The smallest absolute Gasteiger partial charge is 0.165 e. The molecule has 1 N–H and O–H groups in total. The molecule has 0 saturated heterocycles. The molecule has 0 saturated carbocycles. The van der Waals surface area contributed by atoms with Gasteiger partial charge in [-0.3, -0.25) is 4.68 Å². The van der Waals surface area contributed by atoms with Crippen LogP contribution in [0.1, 0.15) is 24.2 Å². The van der Waals surface area contributed by atoms with E-state index in [-0.39, 0.29) is 17.6 Å². The summed E-state index contributed by atoms with van der Waals surface area (Å²) in [6.45, 7) is 2.89. The Morgan fingerprint density at radius 3 is 2.85 bits per heavy atom. The normalized spacial score (nSPS) is 12.4. The SMILES string of the molecule is COc1cc(C(C)NCCc2ccnn2C)ccc1F. The highest BCUT2D eigenvalue weighted by atomic mass is 19.1. The largest absolute Gasteiger partial charge is 0.494 e. The molecule has 0 aliphatic rings. The van der Waals surface area contributed by atoms with E-state index in [1.54, 1.807) is 18.3 Å². The van der Waals surface area contributed by atoms with Crippen molar-refractivity contribution in [2.24, 2.45) is 7.05 Å². The van der Waals surface area contributed by atoms with Crippen LogP contribution in [-0.4, -0.2) is 23.4 Å². The van der Waals surface area contributed by atoms with Crippen LogP contribution in [0.2, 0.25) is 0 Å². The number of rotatable bonds is 6. The molecule has 0 aliphatic heterocycles. The second-order valence-electron chi connectivity index (χ2n) is 4.77. The number of hydrogen-bond acceptors (Lipinski definition) is 3. The predicted octanol–water partition coefficient (Wildman–Crippen LogP) is 2.46. The van der Waals surface area contributed by atoms with Crippen LogP contribution in [0.15, 0.2) is 30.5 Å². The first-order chi connectivity index (χ1) is 9.61. The monoisotopic (exact) mass is 277 g/mol. The van der Waals surface area contributed by atoms with Crippen molar-refractivity contribution in [3.8, 4) is 5.75 Å². The van der Waals surface area contributed by atoms with Crippen molar-refractivity contribution in [2.75, 3.05) is 13.7 Å². The summed E-state index contributed by atoms with van der Waals surface area (Å²) in [5.41, 5.74) is 2.19. The predicted molar refractivity (Wildman–Crippen MR) is 76.3 cm³/mol. The van der Waals surface area contributed by atoms with Crippen LogP contribution in [0.5, 0.6) is 5.75 Å². The van der Waals surface area contributed by atoms with E-state index >= 15 is 0 Å². The lowest BCUT2D eigenvalue weighted by molar-refractivity contribution is 0.385. The molecule has 0 fully saturated rings. The molecule has 0 spiro atoms. The van der Waals surface area contributed by atoms with E-state index in [1.165, 1.54) is 18.9 Å². The Balaban J connectivity index is 1.91. The maximum absolute atomic E-state index is 13.4. The van der Waals surface area contributed by atoms with E-state index in [1.807, 2.05) is 17.8 Å². The standard InChI is InChI=1S/C15H20FN3O/c1-11(12-4-5-14(16)15(10-12)20-3)17-8-6-13-7-9-18-19(13)2/h4-5,7,9-11,17H,6,8H2,1-3H3. The van der Waals surface area contributed by atoms with Crippen molar-refractivity contribution in [3.05, 3.63) is 47.5 Å². The fraction of sp³-hybridized carbons (Fsp3) is 0.400. The maximum Gasteiger partial charge on any atom is 0.165 e. The number of nitrogens with zero attached hydrogens (tertiary/aromatic N) is 2. The van der Waals surface area contributed by atoms with Crippen LogP contribution in [0.4, 0.5) is 4.39 Å². The lowest BCUT2D eigenvalue weighted by atomic mass is 10.1. The zero-order valence-electron chi connectivity index (χ0n) is 12.1. The van der Waals surface area contributed by atoms with Gasteiger partial charge in [-0.15, -0.1) is 0 Å². The minimum Gasteiger partial charge on any atom is -0.494 e. The molecular formula is C15H20FN3O. The van der Waals surface area contributed by atoms with E-state index < -0.39 is 0 Å². The third kappa shape index (κ3) is 3.36. The average Bonchev–Trinajstić information content (AvgIpc) is 2.85.